The number of amides is 2. The highest BCUT2D eigenvalue weighted by Gasteiger charge is 2.39. The molecule has 0 unspecified atom stereocenters. The number of hydrogen-bond donors (Lipinski definition) is 0. The molecule has 2 heterocycles. The topological polar surface area (TPSA) is 43.9 Å². The number of carbonyl (C=O) groups is 2. The van der Waals surface area contributed by atoms with E-state index in [-0.39, 0.29) is 23.8 Å². The largest absolute Gasteiger partial charge is 0.368 e. The van der Waals surface area contributed by atoms with Crippen molar-refractivity contribution < 1.29 is 9.59 Å². The molecule has 2 fully saturated rings. The van der Waals surface area contributed by atoms with E-state index in [0.717, 1.165) is 29.4 Å². The lowest BCUT2D eigenvalue weighted by Crippen LogP contribution is -2.50. The summed E-state index contributed by atoms with van der Waals surface area (Å²) < 4.78 is 0. The first-order valence-electron chi connectivity index (χ1n) is 10.2. The van der Waals surface area contributed by atoms with Crippen molar-refractivity contribution in [3.63, 3.8) is 0 Å². The SMILES string of the molecule is C[C@@H](c1ccccc1)N1C[C@H](C(=O)N2CCN(c3cccc(Cl)c3)CC2)CC1=O. The molecule has 2 saturated heterocycles. The average Bonchev–Trinajstić information content (AvgIpc) is 3.15. The van der Waals surface area contributed by atoms with Gasteiger partial charge >= 0.3 is 0 Å². The van der Waals surface area contributed by atoms with Crippen LogP contribution in [0.15, 0.2) is 54.6 Å². The summed E-state index contributed by atoms with van der Waals surface area (Å²) in [5, 5.41) is 0.720. The fraction of sp³-hybridized carbons (Fsp3) is 0.391. The van der Waals surface area contributed by atoms with Crippen molar-refractivity contribution in [3.05, 3.63) is 65.2 Å². The van der Waals surface area contributed by atoms with Crippen molar-refractivity contribution in [1.82, 2.24) is 9.80 Å². The highest BCUT2D eigenvalue weighted by molar-refractivity contribution is 6.30. The van der Waals surface area contributed by atoms with Gasteiger partial charge in [0.15, 0.2) is 0 Å². The number of piperazine rings is 1. The fourth-order valence-electron chi connectivity index (χ4n) is 4.30. The van der Waals surface area contributed by atoms with Gasteiger partial charge in [0.25, 0.3) is 0 Å². The Bertz CT molecular complexity index is 881. The molecular weight excluding hydrogens is 386 g/mol. The van der Waals surface area contributed by atoms with Gasteiger partial charge in [-0.25, -0.2) is 0 Å². The quantitative estimate of drug-likeness (QED) is 0.772. The van der Waals surface area contributed by atoms with E-state index in [0.29, 0.717) is 26.1 Å². The Labute approximate surface area is 176 Å². The van der Waals surface area contributed by atoms with Crippen LogP contribution in [0.5, 0.6) is 0 Å². The number of benzene rings is 2. The van der Waals surface area contributed by atoms with E-state index in [1.165, 1.54) is 0 Å². The second kappa shape index (κ2) is 8.46. The van der Waals surface area contributed by atoms with Gasteiger partial charge in [-0.3, -0.25) is 9.59 Å². The minimum Gasteiger partial charge on any atom is -0.368 e. The number of anilines is 1. The number of likely N-dealkylation sites (tertiary alicyclic amines) is 1. The number of nitrogens with zero attached hydrogens (tertiary/aromatic N) is 3. The number of hydrogen-bond acceptors (Lipinski definition) is 3. The zero-order valence-electron chi connectivity index (χ0n) is 16.6. The second-order valence-corrected chi connectivity index (χ2v) is 8.26. The molecule has 0 radical (unpaired) electrons. The first-order valence-corrected chi connectivity index (χ1v) is 10.5. The Morgan fingerprint density at radius 2 is 1.76 bits per heavy atom. The second-order valence-electron chi connectivity index (χ2n) is 7.83. The zero-order valence-corrected chi connectivity index (χ0v) is 17.4. The average molecular weight is 412 g/mol. The summed E-state index contributed by atoms with van der Waals surface area (Å²) in [4.78, 5) is 31.7. The van der Waals surface area contributed by atoms with E-state index in [1.54, 1.807) is 0 Å². The van der Waals surface area contributed by atoms with Crippen LogP contribution in [0.4, 0.5) is 5.69 Å². The lowest BCUT2D eigenvalue weighted by atomic mass is 10.1. The van der Waals surface area contributed by atoms with Crippen LogP contribution in [0.25, 0.3) is 0 Å². The van der Waals surface area contributed by atoms with Crippen LogP contribution < -0.4 is 4.90 Å². The van der Waals surface area contributed by atoms with Gasteiger partial charge in [-0.2, -0.15) is 0 Å². The highest BCUT2D eigenvalue weighted by Crippen LogP contribution is 2.30. The molecular formula is C23H26ClN3O2. The predicted octanol–water partition coefficient (Wildman–Crippen LogP) is 3.60. The summed E-state index contributed by atoms with van der Waals surface area (Å²) >= 11 is 6.10. The van der Waals surface area contributed by atoms with Crippen LogP contribution in [-0.2, 0) is 9.59 Å². The molecule has 5 nitrogen and oxygen atoms in total. The Kier molecular flexibility index (Phi) is 5.76. The molecule has 2 aromatic carbocycles. The number of halogens is 1. The molecule has 29 heavy (non-hydrogen) atoms. The predicted molar refractivity (Wildman–Crippen MR) is 115 cm³/mol. The molecule has 0 N–H and O–H groups in total. The van der Waals surface area contributed by atoms with Crippen LogP contribution in [0.1, 0.15) is 24.9 Å². The van der Waals surface area contributed by atoms with Crippen LogP contribution in [-0.4, -0.2) is 54.3 Å². The molecule has 0 spiro atoms. The summed E-state index contributed by atoms with van der Waals surface area (Å²) in [5.41, 5.74) is 2.19. The van der Waals surface area contributed by atoms with Gasteiger partial charge in [-0.15, -0.1) is 0 Å². The van der Waals surface area contributed by atoms with Crippen molar-refractivity contribution >= 4 is 29.1 Å². The van der Waals surface area contributed by atoms with Crippen molar-refractivity contribution in [3.8, 4) is 0 Å². The molecule has 2 aliphatic rings. The lowest BCUT2D eigenvalue weighted by molar-refractivity contribution is -0.136. The molecule has 2 aliphatic heterocycles. The van der Waals surface area contributed by atoms with E-state index in [9.17, 15) is 9.59 Å². The van der Waals surface area contributed by atoms with Crippen molar-refractivity contribution in [2.24, 2.45) is 5.92 Å². The van der Waals surface area contributed by atoms with E-state index in [1.807, 2.05) is 71.3 Å². The Morgan fingerprint density at radius 1 is 1.03 bits per heavy atom. The molecule has 0 saturated carbocycles. The van der Waals surface area contributed by atoms with Crippen molar-refractivity contribution in [1.29, 1.82) is 0 Å². The third kappa shape index (κ3) is 4.25. The van der Waals surface area contributed by atoms with Gasteiger partial charge in [-0.1, -0.05) is 48.0 Å². The molecule has 0 bridgehead atoms. The van der Waals surface area contributed by atoms with Gasteiger partial charge in [0.1, 0.15) is 0 Å². The molecule has 4 rings (SSSR count). The molecule has 152 valence electrons. The number of rotatable bonds is 4. The standard InChI is InChI=1S/C23H26ClN3O2/c1-17(18-6-3-2-4-7-18)27-16-19(14-22(27)28)23(29)26-12-10-25(11-13-26)21-9-5-8-20(24)15-21/h2-9,15,17,19H,10-14,16H2,1H3/t17-,19+/m0/s1. The minimum absolute atomic E-state index is 0.0128. The smallest absolute Gasteiger partial charge is 0.228 e. The Hall–Kier alpha value is -2.53. The zero-order chi connectivity index (χ0) is 20.4. The number of carbonyl (C=O) groups excluding carboxylic acids is 2. The van der Waals surface area contributed by atoms with E-state index in [4.69, 9.17) is 11.6 Å². The first kappa shape index (κ1) is 19.8. The molecule has 2 atom stereocenters. The molecule has 0 aromatic heterocycles. The van der Waals surface area contributed by atoms with E-state index in [2.05, 4.69) is 4.90 Å². The molecule has 2 aromatic rings. The van der Waals surface area contributed by atoms with Crippen molar-refractivity contribution in [2.45, 2.75) is 19.4 Å². The van der Waals surface area contributed by atoms with Gasteiger partial charge in [0.2, 0.25) is 11.8 Å². The monoisotopic (exact) mass is 411 g/mol. The summed E-state index contributed by atoms with van der Waals surface area (Å²) in [5.74, 6) is -0.0736. The van der Waals surface area contributed by atoms with Gasteiger partial charge < -0.3 is 14.7 Å². The Morgan fingerprint density at radius 3 is 2.45 bits per heavy atom. The van der Waals surface area contributed by atoms with E-state index >= 15 is 0 Å². The van der Waals surface area contributed by atoms with Crippen LogP contribution in [0, 0.1) is 5.92 Å². The summed E-state index contributed by atoms with van der Waals surface area (Å²) in [6, 6.07) is 17.8. The maximum Gasteiger partial charge on any atom is 0.228 e. The lowest BCUT2D eigenvalue weighted by Gasteiger charge is -2.37. The molecule has 2 amide bonds. The molecule has 0 aliphatic carbocycles. The van der Waals surface area contributed by atoms with Crippen LogP contribution in [0.3, 0.4) is 0 Å². The van der Waals surface area contributed by atoms with Crippen LogP contribution in [0.2, 0.25) is 5.02 Å². The maximum atomic E-state index is 13.1. The van der Waals surface area contributed by atoms with E-state index < -0.39 is 0 Å². The van der Waals surface area contributed by atoms with Crippen molar-refractivity contribution in [2.75, 3.05) is 37.6 Å². The van der Waals surface area contributed by atoms with Gasteiger partial charge in [0.05, 0.1) is 12.0 Å². The Balaban J connectivity index is 1.35. The summed E-state index contributed by atoms with van der Waals surface area (Å²) in [7, 11) is 0. The normalized spacial score (nSPS) is 20.8. The third-order valence-electron chi connectivity index (χ3n) is 6.02. The van der Waals surface area contributed by atoms with Gasteiger partial charge in [0, 0.05) is 49.9 Å². The summed E-state index contributed by atoms with van der Waals surface area (Å²) in [6.45, 7) is 5.43. The third-order valence-corrected chi connectivity index (χ3v) is 6.26. The first-order chi connectivity index (χ1) is 14.0. The fourth-order valence-corrected chi connectivity index (χ4v) is 4.48. The highest BCUT2D eigenvalue weighted by atomic mass is 35.5. The summed E-state index contributed by atoms with van der Waals surface area (Å²) in [6.07, 6.45) is 0.310. The van der Waals surface area contributed by atoms with Crippen LogP contribution >= 0.6 is 11.6 Å². The maximum absolute atomic E-state index is 13.1. The minimum atomic E-state index is -0.244. The molecule has 6 heteroatoms. The van der Waals surface area contributed by atoms with Gasteiger partial charge in [-0.05, 0) is 30.7 Å².